The lowest BCUT2D eigenvalue weighted by atomic mass is 9.96. The molecule has 1 aromatic rings. The molecule has 1 aliphatic heterocycles. The van der Waals surface area contributed by atoms with Gasteiger partial charge >= 0.3 is 0 Å². The van der Waals surface area contributed by atoms with E-state index in [4.69, 9.17) is 0 Å². The van der Waals surface area contributed by atoms with Crippen LogP contribution in [-0.2, 0) is 11.2 Å². The molecule has 1 saturated heterocycles. The number of amides is 1. The number of nitrogens with zero attached hydrogens (tertiary/aromatic N) is 1. The third-order valence-corrected chi connectivity index (χ3v) is 4.19. The summed E-state index contributed by atoms with van der Waals surface area (Å²) < 4.78 is 12.8. The monoisotopic (exact) mass is 328 g/mol. The highest BCUT2D eigenvalue weighted by atomic mass is 35.5. The van der Waals surface area contributed by atoms with Crippen LogP contribution in [0, 0.1) is 11.7 Å². The Kier molecular flexibility index (Phi) is 8.43. The zero-order valence-corrected chi connectivity index (χ0v) is 14.0. The zero-order chi connectivity index (χ0) is 15.1. The maximum Gasteiger partial charge on any atom is 0.222 e. The van der Waals surface area contributed by atoms with Gasteiger partial charge in [0.15, 0.2) is 0 Å². The summed E-state index contributed by atoms with van der Waals surface area (Å²) in [6, 6.07) is 6.41. The highest BCUT2D eigenvalue weighted by Crippen LogP contribution is 2.17. The standard InChI is InChI=1S/C17H25FN2O.ClH/c1-2-19-13-15-9-11-20(12-10-15)17(21)8-5-14-3-6-16(18)7-4-14;/h3-4,6-7,15,19H,2,5,8-13H2,1H3;1H. The van der Waals surface area contributed by atoms with Gasteiger partial charge in [0.2, 0.25) is 5.91 Å². The molecule has 1 heterocycles. The van der Waals surface area contributed by atoms with Crippen molar-refractivity contribution in [2.75, 3.05) is 26.2 Å². The summed E-state index contributed by atoms with van der Waals surface area (Å²) >= 11 is 0. The lowest BCUT2D eigenvalue weighted by Crippen LogP contribution is -2.40. The number of hydrogen-bond acceptors (Lipinski definition) is 2. The fraction of sp³-hybridized carbons (Fsp3) is 0.588. The molecule has 1 aliphatic rings. The van der Waals surface area contributed by atoms with Crippen molar-refractivity contribution in [3.05, 3.63) is 35.6 Å². The van der Waals surface area contributed by atoms with Crippen LogP contribution in [-0.4, -0.2) is 37.0 Å². The predicted molar refractivity (Wildman–Crippen MR) is 89.8 cm³/mol. The molecule has 22 heavy (non-hydrogen) atoms. The first-order chi connectivity index (χ1) is 10.2. The minimum absolute atomic E-state index is 0. The van der Waals surface area contributed by atoms with Gasteiger partial charge in [-0.05, 0) is 56.0 Å². The van der Waals surface area contributed by atoms with Crippen LogP contribution in [0.3, 0.4) is 0 Å². The third kappa shape index (κ3) is 5.93. The predicted octanol–water partition coefficient (Wildman–Crippen LogP) is 3.03. The molecule has 0 aromatic heterocycles. The average Bonchev–Trinajstić information content (AvgIpc) is 2.52. The first-order valence-corrected chi connectivity index (χ1v) is 7.92. The van der Waals surface area contributed by atoms with Crippen molar-refractivity contribution in [3.8, 4) is 0 Å². The molecule has 0 atom stereocenters. The normalized spacial score (nSPS) is 15.5. The van der Waals surface area contributed by atoms with Crippen molar-refractivity contribution in [3.63, 3.8) is 0 Å². The van der Waals surface area contributed by atoms with Gasteiger partial charge in [0.05, 0.1) is 0 Å². The molecular weight excluding hydrogens is 303 g/mol. The topological polar surface area (TPSA) is 32.3 Å². The summed E-state index contributed by atoms with van der Waals surface area (Å²) in [4.78, 5) is 14.2. The summed E-state index contributed by atoms with van der Waals surface area (Å²) in [5.74, 6) is 0.695. The van der Waals surface area contributed by atoms with E-state index in [-0.39, 0.29) is 24.1 Å². The van der Waals surface area contributed by atoms with E-state index in [9.17, 15) is 9.18 Å². The fourth-order valence-corrected chi connectivity index (χ4v) is 2.80. The number of carbonyl (C=O) groups is 1. The first-order valence-electron chi connectivity index (χ1n) is 7.92. The maximum absolute atomic E-state index is 12.8. The molecule has 0 bridgehead atoms. The number of nitrogens with one attached hydrogen (secondary N) is 1. The zero-order valence-electron chi connectivity index (χ0n) is 13.2. The van der Waals surface area contributed by atoms with Gasteiger partial charge in [0.25, 0.3) is 0 Å². The highest BCUT2D eigenvalue weighted by molar-refractivity contribution is 5.85. The molecule has 0 aliphatic carbocycles. The average molecular weight is 329 g/mol. The van der Waals surface area contributed by atoms with E-state index >= 15 is 0 Å². The Labute approximate surface area is 138 Å². The van der Waals surface area contributed by atoms with E-state index in [1.165, 1.54) is 12.1 Å². The van der Waals surface area contributed by atoms with E-state index in [0.717, 1.165) is 44.6 Å². The van der Waals surface area contributed by atoms with Crippen LogP contribution in [0.5, 0.6) is 0 Å². The van der Waals surface area contributed by atoms with Crippen molar-refractivity contribution in [2.24, 2.45) is 5.92 Å². The molecule has 5 heteroatoms. The number of aryl methyl sites for hydroxylation is 1. The molecule has 124 valence electrons. The molecule has 0 saturated carbocycles. The van der Waals surface area contributed by atoms with E-state index < -0.39 is 0 Å². The van der Waals surface area contributed by atoms with E-state index in [1.807, 2.05) is 4.90 Å². The Hall–Kier alpha value is -1.13. The molecule has 1 aromatic carbocycles. The number of piperidine rings is 1. The molecule has 2 rings (SSSR count). The summed E-state index contributed by atoms with van der Waals surface area (Å²) in [7, 11) is 0. The lowest BCUT2D eigenvalue weighted by molar-refractivity contribution is -0.132. The Morgan fingerprint density at radius 3 is 2.50 bits per heavy atom. The second kappa shape index (κ2) is 9.80. The Morgan fingerprint density at radius 2 is 1.91 bits per heavy atom. The van der Waals surface area contributed by atoms with Crippen molar-refractivity contribution in [2.45, 2.75) is 32.6 Å². The van der Waals surface area contributed by atoms with Gasteiger partial charge in [-0.1, -0.05) is 19.1 Å². The second-order valence-electron chi connectivity index (χ2n) is 5.76. The number of halogens is 2. The molecule has 0 unspecified atom stereocenters. The van der Waals surface area contributed by atoms with Gasteiger partial charge in [0, 0.05) is 19.5 Å². The van der Waals surface area contributed by atoms with Crippen LogP contribution in [0.2, 0.25) is 0 Å². The molecule has 0 spiro atoms. The molecule has 1 fully saturated rings. The van der Waals surface area contributed by atoms with Crippen LogP contribution in [0.25, 0.3) is 0 Å². The van der Waals surface area contributed by atoms with Gasteiger partial charge in [-0.2, -0.15) is 0 Å². The summed E-state index contributed by atoms with van der Waals surface area (Å²) in [5.41, 5.74) is 1.02. The molecule has 1 N–H and O–H groups in total. The van der Waals surface area contributed by atoms with Crippen LogP contribution in [0.4, 0.5) is 4.39 Å². The molecular formula is C17H26ClFN2O. The smallest absolute Gasteiger partial charge is 0.222 e. The molecule has 0 radical (unpaired) electrons. The van der Waals surface area contributed by atoms with Crippen LogP contribution in [0.15, 0.2) is 24.3 Å². The first kappa shape index (κ1) is 18.9. The number of benzene rings is 1. The van der Waals surface area contributed by atoms with E-state index in [2.05, 4.69) is 12.2 Å². The van der Waals surface area contributed by atoms with Crippen LogP contribution >= 0.6 is 12.4 Å². The second-order valence-corrected chi connectivity index (χ2v) is 5.76. The number of carbonyl (C=O) groups excluding carboxylic acids is 1. The van der Waals surface area contributed by atoms with Gasteiger partial charge in [-0.3, -0.25) is 4.79 Å². The Morgan fingerprint density at radius 1 is 1.27 bits per heavy atom. The lowest BCUT2D eigenvalue weighted by Gasteiger charge is -2.32. The number of rotatable bonds is 6. The summed E-state index contributed by atoms with van der Waals surface area (Å²) in [5, 5.41) is 3.38. The van der Waals surface area contributed by atoms with E-state index in [1.54, 1.807) is 12.1 Å². The third-order valence-electron chi connectivity index (χ3n) is 4.19. The number of likely N-dealkylation sites (tertiary alicyclic amines) is 1. The van der Waals surface area contributed by atoms with Crippen molar-refractivity contribution >= 4 is 18.3 Å². The largest absolute Gasteiger partial charge is 0.343 e. The highest BCUT2D eigenvalue weighted by Gasteiger charge is 2.22. The van der Waals surface area contributed by atoms with Gasteiger partial charge in [0.1, 0.15) is 5.82 Å². The maximum atomic E-state index is 12.8. The Bertz CT molecular complexity index is 444. The number of hydrogen-bond donors (Lipinski definition) is 1. The van der Waals surface area contributed by atoms with Gasteiger partial charge in [-0.25, -0.2) is 4.39 Å². The Balaban J connectivity index is 0.00000242. The van der Waals surface area contributed by atoms with Crippen LogP contribution in [0.1, 0.15) is 31.7 Å². The van der Waals surface area contributed by atoms with E-state index in [0.29, 0.717) is 18.8 Å². The summed E-state index contributed by atoms with van der Waals surface area (Å²) in [6.45, 7) is 5.94. The minimum Gasteiger partial charge on any atom is -0.343 e. The van der Waals surface area contributed by atoms with Gasteiger partial charge in [-0.15, -0.1) is 12.4 Å². The molecule has 3 nitrogen and oxygen atoms in total. The molecule has 1 amide bonds. The van der Waals surface area contributed by atoms with Crippen molar-refractivity contribution < 1.29 is 9.18 Å². The minimum atomic E-state index is -0.229. The van der Waals surface area contributed by atoms with Crippen molar-refractivity contribution in [1.82, 2.24) is 10.2 Å². The quantitative estimate of drug-likeness (QED) is 0.870. The van der Waals surface area contributed by atoms with Crippen LogP contribution < -0.4 is 5.32 Å². The SMILES string of the molecule is CCNCC1CCN(C(=O)CCc2ccc(F)cc2)CC1.Cl. The van der Waals surface area contributed by atoms with Crippen molar-refractivity contribution in [1.29, 1.82) is 0 Å². The summed E-state index contributed by atoms with van der Waals surface area (Å²) in [6.07, 6.45) is 3.39. The fourth-order valence-electron chi connectivity index (χ4n) is 2.80. The van der Waals surface area contributed by atoms with Gasteiger partial charge < -0.3 is 10.2 Å².